The maximum absolute atomic E-state index is 10.5. The van der Waals surface area contributed by atoms with Crippen molar-refractivity contribution in [2.75, 3.05) is 6.54 Å². The van der Waals surface area contributed by atoms with Crippen molar-refractivity contribution >= 4 is 5.91 Å². The van der Waals surface area contributed by atoms with Gasteiger partial charge in [0.2, 0.25) is 5.91 Å². The van der Waals surface area contributed by atoms with Crippen LogP contribution in [0.15, 0.2) is 6.20 Å². The number of rotatable bonds is 5. The molecule has 1 amide bonds. The normalized spacial score (nSPS) is 11.7. The highest BCUT2D eigenvalue weighted by molar-refractivity contribution is 5.73. The van der Waals surface area contributed by atoms with Crippen LogP contribution in [0.5, 0.6) is 0 Å². The molecule has 1 aromatic rings. The van der Waals surface area contributed by atoms with E-state index < -0.39 is 0 Å². The lowest BCUT2D eigenvalue weighted by Crippen LogP contribution is -2.22. The van der Waals surface area contributed by atoms with Crippen LogP contribution in [-0.2, 0) is 16.9 Å². The minimum Gasteiger partial charge on any atom is -0.370 e. The van der Waals surface area contributed by atoms with E-state index in [4.69, 9.17) is 5.73 Å². The molecule has 3 N–H and O–H groups in total. The number of carbonyl (C=O) groups is 1. The molecule has 6 heteroatoms. The Kier molecular flexibility index (Phi) is 4.00. The van der Waals surface area contributed by atoms with Gasteiger partial charge in [-0.05, 0) is 20.8 Å². The monoisotopic (exact) mass is 225 g/mol. The molecule has 1 heterocycles. The minimum absolute atomic E-state index is 0.0571. The van der Waals surface area contributed by atoms with E-state index >= 15 is 0 Å². The van der Waals surface area contributed by atoms with Gasteiger partial charge in [-0.2, -0.15) is 0 Å². The Labute approximate surface area is 95.2 Å². The molecule has 0 aliphatic heterocycles. The zero-order chi connectivity index (χ0) is 12.2. The molecule has 0 aliphatic rings. The SMILES string of the molecule is CC(C)(C)n1cc(CNCCC(N)=O)nn1. The van der Waals surface area contributed by atoms with Gasteiger partial charge >= 0.3 is 0 Å². The zero-order valence-corrected chi connectivity index (χ0v) is 10.0. The molecule has 0 aliphatic carbocycles. The van der Waals surface area contributed by atoms with Crippen LogP contribution in [0.3, 0.4) is 0 Å². The van der Waals surface area contributed by atoms with Gasteiger partial charge in [-0.15, -0.1) is 5.10 Å². The summed E-state index contributed by atoms with van der Waals surface area (Å²) in [5, 5.41) is 11.2. The Morgan fingerprint density at radius 1 is 1.56 bits per heavy atom. The molecule has 1 aromatic heterocycles. The van der Waals surface area contributed by atoms with Gasteiger partial charge in [0.25, 0.3) is 0 Å². The second-order valence-electron chi connectivity index (χ2n) is 4.72. The Balaban J connectivity index is 2.38. The summed E-state index contributed by atoms with van der Waals surface area (Å²) >= 11 is 0. The predicted molar refractivity (Wildman–Crippen MR) is 60.5 cm³/mol. The van der Waals surface area contributed by atoms with Gasteiger partial charge in [0, 0.05) is 19.5 Å². The van der Waals surface area contributed by atoms with Crippen LogP contribution in [0.4, 0.5) is 0 Å². The van der Waals surface area contributed by atoms with Gasteiger partial charge in [-0.1, -0.05) is 5.21 Å². The van der Waals surface area contributed by atoms with Gasteiger partial charge in [0.15, 0.2) is 0 Å². The van der Waals surface area contributed by atoms with E-state index in [1.165, 1.54) is 0 Å². The predicted octanol–water partition coefficient (Wildman–Crippen LogP) is -0.00190. The van der Waals surface area contributed by atoms with E-state index in [-0.39, 0.29) is 11.4 Å². The Morgan fingerprint density at radius 2 is 2.25 bits per heavy atom. The zero-order valence-electron chi connectivity index (χ0n) is 10.0. The van der Waals surface area contributed by atoms with E-state index in [1.807, 2.05) is 10.9 Å². The Morgan fingerprint density at radius 3 is 2.75 bits per heavy atom. The summed E-state index contributed by atoms with van der Waals surface area (Å²) in [5.74, 6) is -0.300. The first-order chi connectivity index (χ1) is 7.39. The molecule has 0 atom stereocenters. The van der Waals surface area contributed by atoms with Crippen LogP contribution in [0, 0.1) is 0 Å². The second kappa shape index (κ2) is 5.07. The summed E-state index contributed by atoms with van der Waals surface area (Å²) in [6.07, 6.45) is 2.24. The number of carbonyl (C=O) groups excluding carboxylic acids is 1. The van der Waals surface area contributed by atoms with Crippen LogP contribution < -0.4 is 11.1 Å². The third-order valence-electron chi connectivity index (χ3n) is 2.08. The maximum Gasteiger partial charge on any atom is 0.218 e. The minimum atomic E-state index is -0.300. The van der Waals surface area contributed by atoms with Crippen LogP contribution in [0.1, 0.15) is 32.9 Å². The fourth-order valence-electron chi connectivity index (χ4n) is 1.14. The molecule has 16 heavy (non-hydrogen) atoms. The largest absolute Gasteiger partial charge is 0.370 e. The summed E-state index contributed by atoms with van der Waals surface area (Å²) in [6, 6.07) is 0. The summed E-state index contributed by atoms with van der Waals surface area (Å²) in [4.78, 5) is 10.5. The van der Waals surface area contributed by atoms with Crippen molar-refractivity contribution in [3.05, 3.63) is 11.9 Å². The molecule has 0 fully saturated rings. The topological polar surface area (TPSA) is 85.8 Å². The fraction of sp³-hybridized carbons (Fsp3) is 0.700. The maximum atomic E-state index is 10.5. The molecular formula is C10H19N5O. The number of hydrogen-bond acceptors (Lipinski definition) is 4. The van der Waals surface area contributed by atoms with Crippen molar-refractivity contribution < 1.29 is 4.79 Å². The van der Waals surface area contributed by atoms with Crippen molar-refractivity contribution in [3.8, 4) is 0 Å². The first-order valence-electron chi connectivity index (χ1n) is 5.30. The lowest BCUT2D eigenvalue weighted by molar-refractivity contribution is -0.117. The van der Waals surface area contributed by atoms with Gasteiger partial charge in [0.05, 0.1) is 17.4 Å². The lowest BCUT2D eigenvalue weighted by atomic mass is 10.1. The molecule has 6 nitrogen and oxygen atoms in total. The van der Waals surface area contributed by atoms with Crippen molar-refractivity contribution in [2.45, 2.75) is 39.3 Å². The molecule has 0 bridgehead atoms. The van der Waals surface area contributed by atoms with Gasteiger partial charge in [0.1, 0.15) is 0 Å². The third-order valence-corrected chi connectivity index (χ3v) is 2.08. The third kappa shape index (κ3) is 3.98. The number of nitrogens with one attached hydrogen (secondary N) is 1. The number of nitrogens with two attached hydrogens (primary N) is 1. The quantitative estimate of drug-likeness (QED) is 0.690. The number of aromatic nitrogens is 3. The van der Waals surface area contributed by atoms with Crippen LogP contribution in [-0.4, -0.2) is 27.4 Å². The average Bonchev–Trinajstić information content (AvgIpc) is 2.59. The Hall–Kier alpha value is -1.43. The molecule has 0 saturated carbocycles. The number of primary amides is 1. The van der Waals surface area contributed by atoms with Gasteiger partial charge in [-0.25, -0.2) is 4.68 Å². The van der Waals surface area contributed by atoms with Crippen LogP contribution >= 0.6 is 0 Å². The van der Waals surface area contributed by atoms with Crippen molar-refractivity contribution in [3.63, 3.8) is 0 Å². The number of amides is 1. The number of nitrogens with zero attached hydrogens (tertiary/aromatic N) is 3. The van der Waals surface area contributed by atoms with Crippen LogP contribution in [0.2, 0.25) is 0 Å². The van der Waals surface area contributed by atoms with E-state index in [9.17, 15) is 4.79 Å². The number of hydrogen-bond donors (Lipinski definition) is 2. The molecule has 1 rings (SSSR count). The molecule has 0 saturated heterocycles. The van der Waals surface area contributed by atoms with E-state index in [1.54, 1.807) is 0 Å². The summed E-state index contributed by atoms with van der Waals surface area (Å²) in [7, 11) is 0. The molecule has 0 radical (unpaired) electrons. The summed E-state index contributed by atoms with van der Waals surface area (Å²) in [6.45, 7) is 7.35. The first kappa shape index (κ1) is 12.6. The smallest absolute Gasteiger partial charge is 0.218 e. The average molecular weight is 225 g/mol. The molecule has 90 valence electrons. The van der Waals surface area contributed by atoms with E-state index in [0.29, 0.717) is 19.5 Å². The highest BCUT2D eigenvalue weighted by atomic mass is 16.1. The van der Waals surface area contributed by atoms with E-state index in [2.05, 4.69) is 36.4 Å². The van der Waals surface area contributed by atoms with Crippen molar-refractivity contribution in [2.24, 2.45) is 5.73 Å². The molecular weight excluding hydrogens is 206 g/mol. The second-order valence-corrected chi connectivity index (χ2v) is 4.72. The highest BCUT2D eigenvalue weighted by Crippen LogP contribution is 2.11. The summed E-state index contributed by atoms with van der Waals surface area (Å²) < 4.78 is 1.82. The van der Waals surface area contributed by atoms with Gasteiger partial charge in [-0.3, -0.25) is 4.79 Å². The standard InChI is InChI=1S/C10H19N5O/c1-10(2,3)15-7-8(13-14-15)6-12-5-4-9(11)16/h7,12H,4-6H2,1-3H3,(H2,11,16). The van der Waals surface area contributed by atoms with Crippen molar-refractivity contribution in [1.29, 1.82) is 0 Å². The van der Waals surface area contributed by atoms with E-state index in [0.717, 1.165) is 5.69 Å². The molecule has 0 unspecified atom stereocenters. The molecule has 0 aromatic carbocycles. The van der Waals surface area contributed by atoms with Crippen LogP contribution in [0.25, 0.3) is 0 Å². The summed E-state index contributed by atoms with van der Waals surface area (Å²) in [5.41, 5.74) is 5.83. The molecule has 0 spiro atoms. The first-order valence-corrected chi connectivity index (χ1v) is 5.30. The van der Waals surface area contributed by atoms with Crippen molar-refractivity contribution in [1.82, 2.24) is 20.3 Å². The highest BCUT2D eigenvalue weighted by Gasteiger charge is 2.14. The van der Waals surface area contributed by atoms with Gasteiger partial charge < -0.3 is 11.1 Å². The fourth-order valence-corrected chi connectivity index (χ4v) is 1.14. The Bertz CT molecular complexity index is 352. The lowest BCUT2D eigenvalue weighted by Gasteiger charge is -2.17.